The molecule has 1 aromatic rings. The molecule has 0 saturated heterocycles. The Bertz CT molecular complexity index is 326. The van der Waals surface area contributed by atoms with Crippen molar-refractivity contribution in [1.82, 2.24) is 0 Å². The van der Waals surface area contributed by atoms with Gasteiger partial charge >= 0.3 is 0 Å². The standard InChI is InChI=1S/C6H8F2O.C6H6O2/c1-5(7)3-9-4-6(2)8;7-5-1-2-6(8)4-3-5/h1-4H2;1-4,7-8H. The highest BCUT2D eigenvalue weighted by Crippen LogP contribution is 2.13. The van der Waals surface area contributed by atoms with Gasteiger partial charge in [-0.1, -0.05) is 13.2 Å². The zero-order valence-corrected chi connectivity index (χ0v) is 9.20. The van der Waals surface area contributed by atoms with Crippen LogP contribution in [0.15, 0.2) is 49.1 Å². The van der Waals surface area contributed by atoms with E-state index in [0.717, 1.165) is 0 Å². The van der Waals surface area contributed by atoms with Crippen LogP contribution in [0.3, 0.4) is 0 Å². The minimum atomic E-state index is -0.615. The molecule has 0 aromatic heterocycles. The molecule has 3 nitrogen and oxygen atoms in total. The van der Waals surface area contributed by atoms with Gasteiger partial charge in [0, 0.05) is 0 Å². The molecular weight excluding hydrogens is 230 g/mol. The monoisotopic (exact) mass is 244 g/mol. The van der Waals surface area contributed by atoms with Gasteiger partial charge in [0.15, 0.2) is 0 Å². The van der Waals surface area contributed by atoms with Gasteiger partial charge in [-0.3, -0.25) is 0 Å². The van der Waals surface area contributed by atoms with Crippen LogP contribution in [-0.4, -0.2) is 23.4 Å². The summed E-state index contributed by atoms with van der Waals surface area (Å²) in [5.74, 6) is -0.891. The molecule has 5 heteroatoms. The zero-order chi connectivity index (χ0) is 13.3. The van der Waals surface area contributed by atoms with Gasteiger partial charge in [0.1, 0.15) is 23.2 Å². The molecule has 0 spiro atoms. The van der Waals surface area contributed by atoms with E-state index >= 15 is 0 Å². The molecule has 0 heterocycles. The molecule has 17 heavy (non-hydrogen) atoms. The number of halogens is 2. The second-order valence-corrected chi connectivity index (χ2v) is 3.04. The average Bonchev–Trinajstić information content (AvgIpc) is 2.22. The number of phenolic OH excluding ortho intramolecular Hbond substituents is 2. The summed E-state index contributed by atoms with van der Waals surface area (Å²) >= 11 is 0. The summed E-state index contributed by atoms with van der Waals surface area (Å²) in [6.45, 7) is 5.29. The molecule has 0 atom stereocenters. The third-order valence-electron chi connectivity index (χ3n) is 1.37. The van der Waals surface area contributed by atoms with Crippen LogP contribution in [0.5, 0.6) is 11.5 Å². The first-order chi connectivity index (χ1) is 7.91. The molecule has 0 aliphatic heterocycles. The van der Waals surface area contributed by atoms with Gasteiger partial charge in [-0.25, -0.2) is 8.78 Å². The number of hydrogen-bond acceptors (Lipinski definition) is 3. The maximum Gasteiger partial charge on any atom is 0.118 e. The summed E-state index contributed by atoms with van der Waals surface area (Å²) in [7, 11) is 0. The molecule has 0 aliphatic rings. The molecule has 1 rings (SSSR count). The van der Waals surface area contributed by atoms with E-state index in [1.807, 2.05) is 0 Å². The molecule has 0 fully saturated rings. The van der Waals surface area contributed by atoms with E-state index < -0.39 is 11.7 Å². The van der Waals surface area contributed by atoms with E-state index in [1.54, 1.807) is 0 Å². The molecule has 0 saturated carbocycles. The Morgan fingerprint density at radius 3 is 1.47 bits per heavy atom. The predicted molar refractivity (Wildman–Crippen MR) is 61.1 cm³/mol. The summed E-state index contributed by atoms with van der Waals surface area (Å²) in [5, 5.41) is 17.3. The van der Waals surface area contributed by atoms with Crippen LogP contribution in [0.1, 0.15) is 0 Å². The SMILES string of the molecule is C=C(F)COCC(=C)F.Oc1ccc(O)cc1. The Balaban J connectivity index is 0.000000302. The van der Waals surface area contributed by atoms with Crippen molar-refractivity contribution >= 4 is 0 Å². The van der Waals surface area contributed by atoms with E-state index in [0.29, 0.717) is 0 Å². The van der Waals surface area contributed by atoms with Gasteiger partial charge in [0.2, 0.25) is 0 Å². The minimum absolute atomic E-state index is 0.169. The second-order valence-electron chi connectivity index (χ2n) is 3.04. The first kappa shape index (κ1) is 15.1. The Kier molecular flexibility index (Phi) is 7.38. The van der Waals surface area contributed by atoms with Crippen LogP contribution in [0.4, 0.5) is 8.78 Å². The minimum Gasteiger partial charge on any atom is -0.508 e. The van der Waals surface area contributed by atoms with Crippen molar-refractivity contribution in [2.45, 2.75) is 0 Å². The topological polar surface area (TPSA) is 49.7 Å². The Morgan fingerprint density at radius 1 is 0.941 bits per heavy atom. The van der Waals surface area contributed by atoms with Gasteiger partial charge in [-0.15, -0.1) is 0 Å². The lowest BCUT2D eigenvalue weighted by Gasteiger charge is -1.96. The molecule has 1 aromatic carbocycles. The van der Waals surface area contributed by atoms with Gasteiger partial charge in [-0.05, 0) is 24.3 Å². The summed E-state index contributed by atoms with van der Waals surface area (Å²) in [6.07, 6.45) is 0. The first-order valence-corrected chi connectivity index (χ1v) is 4.64. The molecule has 94 valence electrons. The van der Waals surface area contributed by atoms with Crippen molar-refractivity contribution in [2.75, 3.05) is 13.2 Å². The highest BCUT2D eigenvalue weighted by Gasteiger charge is 1.92. The molecule has 0 radical (unpaired) electrons. The van der Waals surface area contributed by atoms with E-state index in [4.69, 9.17) is 10.2 Å². The summed E-state index contributed by atoms with van der Waals surface area (Å²) in [6, 6.07) is 5.70. The number of hydrogen-bond donors (Lipinski definition) is 2. The van der Waals surface area contributed by atoms with Gasteiger partial charge < -0.3 is 14.9 Å². The molecule has 0 bridgehead atoms. The van der Waals surface area contributed by atoms with Crippen molar-refractivity contribution in [1.29, 1.82) is 0 Å². The van der Waals surface area contributed by atoms with E-state index in [1.165, 1.54) is 24.3 Å². The van der Waals surface area contributed by atoms with Crippen molar-refractivity contribution in [3.63, 3.8) is 0 Å². The fourth-order valence-corrected chi connectivity index (χ4v) is 0.725. The fourth-order valence-electron chi connectivity index (χ4n) is 0.725. The maximum atomic E-state index is 11.7. The van der Waals surface area contributed by atoms with Crippen LogP contribution < -0.4 is 0 Å². The first-order valence-electron chi connectivity index (χ1n) is 4.64. The quantitative estimate of drug-likeness (QED) is 0.800. The molecule has 0 amide bonds. The van der Waals surface area contributed by atoms with E-state index in [-0.39, 0.29) is 24.7 Å². The lowest BCUT2D eigenvalue weighted by molar-refractivity contribution is 0.151. The van der Waals surface area contributed by atoms with Gasteiger partial charge in [0.25, 0.3) is 0 Å². The van der Waals surface area contributed by atoms with Crippen LogP contribution in [0.2, 0.25) is 0 Å². The number of ether oxygens (including phenoxy) is 1. The van der Waals surface area contributed by atoms with Crippen molar-refractivity contribution in [3.8, 4) is 11.5 Å². The molecular formula is C12H14F2O3. The van der Waals surface area contributed by atoms with Crippen LogP contribution in [-0.2, 0) is 4.74 Å². The van der Waals surface area contributed by atoms with E-state index in [2.05, 4.69) is 17.9 Å². The smallest absolute Gasteiger partial charge is 0.118 e. The summed E-state index contributed by atoms with van der Waals surface area (Å²) < 4.78 is 27.8. The van der Waals surface area contributed by atoms with Crippen molar-refractivity contribution in [3.05, 3.63) is 49.1 Å². The van der Waals surface area contributed by atoms with Crippen molar-refractivity contribution < 1.29 is 23.7 Å². The third kappa shape index (κ3) is 10.4. The van der Waals surface area contributed by atoms with Gasteiger partial charge in [-0.2, -0.15) is 0 Å². The lowest BCUT2D eigenvalue weighted by atomic mass is 10.3. The van der Waals surface area contributed by atoms with Gasteiger partial charge in [0.05, 0.1) is 13.2 Å². The van der Waals surface area contributed by atoms with E-state index in [9.17, 15) is 8.78 Å². The number of benzene rings is 1. The number of rotatable bonds is 4. The summed E-state index contributed by atoms with van der Waals surface area (Å²) in [4.78, 5) is 0. The number of phenols is 2. The Hall–Kier alpha value is -1.88. The average molecular weight is 244 g/mol. The third-order valence-corrected chi connectivity index (χ3v) is 1.37. The maximum absolute atomic E-state index is 11.7. The molecule has 2 N–H and O–H groups in total. The highest BCUT2D eigenvalue weighted by atomic mass is 19.1. The van der Waals surface area contributed by atoms with Crippen LogP contribution in [0.25, 0.3) is 0 Å². The summed E-state index contributed by atoms with van der Waals surface area (Å²) in [5.41, 5.74) is 0. The Labute approximate surface area is 98.3 Å². The highest BCUT2D eigenvalue weighted by molar-refractivity contribution is 5.28. The Morgan fingerprint density at radius 2 is 1.24 bits per heavy atom. The van der Waals surface area contributed by atoms with Crippen LogP contribution >= 0.6 is 0 Å². The fraction of sp³-hybridized carbons (Fsp3) is 0.167. The van der Waals surface area contributed by atoms with Crippen molar-refractivity contribution in [2.24, 2.45) is 0 Å². The normalized spacial score (nSPS) is 9.06. The number of aromatic hydroxyl groups is 2. The molecule has 0 unspecified atom stereocenters. The van der Waals surface area contributed by atoms with Crippen LogP contribution in [0, 0.1) is 0 Å². The zero-order valence-electron chi connectivity index (χ0n) is 9.20. The predicted octanol–water partition coefficient (Wildman–Crippen LogP) is 3.07. The second kappa shape index (κ2) is 8.29. The molecule has 0 aliphatic carbocycles. The lowest BCUT2D eigenvalue weighted by Crippen LogP contribution is -1.95. The largest absolute Gasteiger partial charge is 0.508 e.